The molecule has 1 atom stereocenters. The molecule has 6 heteroatoms. The normalized spacial score (nSPS) is 24.9. The Morgan fingerprint density at radius 2 is 2.00 bits per heavy atom. The minimum atomic E-state index is -3.56. The highest BCUT2D eigenvalue weighted by atomic mass is 32.2. The zero-order valence-electron chi connectivity index (χ0n) is 11.3. The van der Waals surface area contributed by atoms with Crippen molar-refractivity contribution in [2.45, 2.75) is 36.6 Å². The summed E-state index contributed by atoms with van der Waals surface area (Å²) in [5.41, 5.74) is -0.427. The Labute approximate surface area is 118 Å². The van der Waals surface area contributed by atoms with E-state index in [0.717, 1.165) is 12.8 Å². The first-order chi connectivity index (χ1) is 9.49. The van der Waals surface area contributed by atoms with Gasteiger partial charge in [-0.05, 0) is 38.3 Å². The molecule has 2 aliphatic rings. The van der Waals surface area contributed by atoms with Crippen LogP contribution in [0.3, 0.4) is 0 Å². The number of hydrogen-bond donors (Lipinski definition) is 1. The van der Waals surface area contributed by atoms with Crippen LogP contribution in [0, 0.1) is 0 Å². The number of rotatable bonds is 3. The first kappa shape index (κ1) is 13.5. The van der Waals surface area contributed by atoms with Gasteiger partial charge in [0.1, 0.15) is 0 Å². The molecule has 108 valence electrons. The van der Waals surface area contributed by atoms with E-state index in [1.54, 1.807) is 6.07 Å². The van der Waals surface area contributed by atoms with Crippen molar-refractivity contribution < 1.29 is 17.9 Å². The standard InChI is InChI=1S/C14H17NO4S/c1-14(7-3-2-4-8-14)15-20(16,17)11-5-6-12-13(9-11)19-10-18-12/h2-3,5-6,9,15H,4,7-8,10H2,1H3. The summed E-state index contributed by atoms with van der Waals surface area (Å²) in [6.45, 7) is 2.07. The molecule has 1 heterocycles. The Kier molecular flexibility index (Phi) is 3.22. The molecule has 0 bridgehead atoms. The summed E-state index contributed by atoms with van der Waals surface area (Å²) in [5, 5.41) is 0. The zero-order valence-corrected chi connectivity index (χ0v) is 12.1. The Balaban J connectivity index is 1.86. The lowest BCUT2D eigenvalue weighted by Crippen LogP contribution is -2.46. The van der Waals surface area contributed by atoms with E-state index in [9.17, 15) is 8.42 Å². The van der Waals surface area contributed by atoms with Crippen LogP contribution in [0.25, 0.3) is 0 Å². The van der Waals surface area contributed by atoms with Gasteiger partial charge < -0.3 is 9.47 Å². The van der Waals surface area contributed by atoms with Crippen molar-refractivity contribution in [3.8, 4) is 11.5 Å². The average molecular weight is 295 g/mol. The SMILES string of the molecule is CC1(NS(=O)(=O)c2ccc3c(c2)OCO3)CC=CCC1. The largest absolute Gasteiger partial charge is 0.454 e. The number of nitrogens with one attached hydrogen (secondary N) is 1. The van der Waals surface area contributed by atoms with Gasteiger partial charge in [0.15, 0.2) is 11.5 Å². The fraction of sp³-hybridized carbons (Fsp3) is 0.429. The molecule has 20 heavy (non-hydrogen) atoms. The Morgan fingerprint density at radius 3 is 2.75 bits per heavy atom. The van der Waals surface area contributed by atoms with E-state index in [2.05, 4.69) is 10.8 Å². The van der Waals surface area contributed by atoms with Gasteiger partial charge in [-0.1, -0.05) is 12.2 Å². The van der Waals surface area contributed by atoms with Crippen molar-refractivity contribution in [2.24, 2.45) is 0 Å². The second-order valence-electron chi connectivity index (χ2n) is 5.40. The van der Waals surface area contributed by atoms with Crippen LogP contribution in [0.1, 0.15) is 26.2 Å². The third-order valence-corrected chi connectivity index (χ3v) is 5.27. The second kappa shape index (κ2) is 4.79. The van der Waals surface area contributed by atoms with Crippen LogP contribution in [0.5, 0.6) is 11.5 Å². The van der Waals surface area contributed by atoms with Crippen LogP contribution in [0.2, 0.25) is 0 Å². The van der Waals surface area contributed by atoms with Crippen molar-refractivity contribution in [2.75, 3.05) is 6.79 Å². The summed E-state index contributed by atoms with van der Waals surface area (Å²) in [6.07, 6.45) is 6.49. The molecule has 0 spiro atoms. The van der Waals surface area contributed by atoms with Crippen molar-refractivity contribution in [3.63, 3.8) is 0 Å². The highest BCUT2D eigenvalue weighted by molar-refractivity contribution is 7.89. The third kappa shape index (κ3) is 2.53. The van der Waals surface area contributed by atoms with Gasteiger partial charge in [-0.2, -0.15) is 0 Å². The molecule has 1 aromatic rings. The van der Waals surface area contributed by atoms with Crippen LogP contribution < -0.4 is 14.2 Å². The molecular weight excluding hydrogens is 278 g/mol. The van der Waals surface area contributed by atoms with Crippen LogP contribution in [-0.4, -0.2) is 20.7 Å². The van der Waals surface area contributed by atoms with Gasteiger partial charge in [0.25, 0.3) is 0 Å². The van der Waals surface area contributed by atoms with Crippen molar-refractivity contribution in [3.05, 3.63) is 30.4 Å². The van der Waals surface area contributed by atoms with Crippen molar-refractivity contribution >= 4 is 10.0 Å². The number of benzene rings is 1. The Hall–Kier alpha value is -1.53. The Bertz CT molecular complexity index is 653. The topological polar surface area (TPSA) is 64.6 Å². The summed E-state index contributed by atoms with van der Waals surface area (Å²) >= 11 is 0. The number of sulfonamides is 1. The van der Waals surface area contributed by atoms with Gasteiger partial charge in [-0.25, -0.2) is 13.1 Å². The van der Waals surface area contributed by atoms with Gasteiger partial charge in [0, 0.05) is 11.6 Å². The van der Waals surface area contributed by atoms with Gasteiger partial charge in [0.2, 0.25) is 16.8 Å². The van der Waals surface area contributed by atoms with Crippen LogP contribution >= 0.6 is 0 Å². The number of allylic oxidation sites excluding steroid dienone is 1. The van der Waals surface area contributed by atoms with Gasteiger partial charge in [0.05, 0.1) is 4.90 Å². The van der Waals surface area contributed by atoms with Crippen LogP contribution in [-0.2, 0) is 10.0 Å². The quantitative estimate of drug-likeness (QED) is 0.868. The summed E-state index contributed by atoms with van der Waals surface area (Å²) < 4.78 is 38.2. The first-order valence-electron chi connectivity index (χ1n) is 6.57. The lowest BCUT2D eigenvalue weighted by atomic mass is 9.89. The molecule has 0 fully saturated rings. The molecule has 0 radical (unpaired) electrons. The van der Waals surface area contributed by atoms with Crippen molar-refractivity contribution in [1.29, 1.82) is 0 Å². The maximum absolute atomic E-state index is 12.5. The monoisotopic (exact) mass is 295 g/mol. The Morgan fingerprint density at radius 1 is 1.20 bits per heavy atom. The molecule has 1 aromatic carbocycles. The second-order valence-corrected chi connectivity index (χ2v) is 7.08. The van der Waals surface area contributed by atoms with E-state index in [1.165, 1.54) is 12.1 Å². The highest BCUT2D eigenvalue weighted by Crippen LogP contribution is 2.34. The van der Waals surface area contributed by atoms with Gasteiger partial charge >= 0.3 is 0 Å². The van der Waals surface area contributed by atoms with Crippen LogP contribution in [0.4, 0.5) is 0 Å². The minimum absolute atomic E-state index is 0.134. The summed E-state index contributed by atoms with van der Waals surface area (Å²) in [5.74, 6) is 1.05. The minimum Gasteiger partial charge on any atom is -0.454 e. The molecule has 0 aromatic heterocycles. The van der Waals surface area contributed by atoms with E-state index in [1.807, 2.05) is 13.0 Å². The molecule has 1 N–H and O–H groups in total. The van der Waals surface area contributed by atoms with E-state index in [0.29, 0.717) is 17.9 Å². The molecule has 0 amide bonds. The average Bonchev–Trinajstić information content (AvgIpc) is 2.85. The number of hydrogen-bond acceptors (Lipinski definition) is 4. The number of fused-ring (bicyclic) bond motifs is 1. The summed E-state index contributed by atoms with van der Waals surface area (Å²) in [6, 6.07) is 4.67. The fourth-order valence-electron chi connectivity index (χ4n) is 2.49. The molecule has 1 aliphatic carbocycles. The molecule has 1 unspecified atom stereocenters. The smallest absolute Gasteiger partial charge is 0.241 e. The van der Waals surface area contributed by atoms with E-state index in [4.69, 9.17) is 9.47 Å². The predicted molar refractivity (Wildman–Crippen MR) is 74.3 cm³/mol. The molecule has 5 nitrogen and oxygen atoms in total. The van der Waals surface area contributed by atoms with E-state index < -0.39 is 15.6 Å². The summed E-state index contributed by atoms with van der Waals surface area (Å²) in [4.78, 5) is 0.206. The third-order valence-electron chi connectivity index (χ3n) is 3.63. The van der Waals surface area contributed by atoms with Gasteiger partial charge in [-0.15, -0.1) is 0 Å². The first-order valence-corrected chi connectivity index (χ1v) is 8.06. The molecular formula is C14H17NO4S. The van der Waals surface area contributed by atoms with Crippen LogP contribution in [0.15, 0.2) is 35.2 Å². The fourth-order valence-corrected chi connectivity index (χ4v) is 3.95. The molecule has 3 rings (SSSR count). The molecule has 0 saturated carbocycles. The van der Waals surface area contributed by atoms with E-state index in [-0.39, 0.29) is 11.7 Å². The maximum atomic E-state index is 12.5. The summed E-state index contributed by atoms with van der Waals surface area (Å²) in [7, 11) is -3.56. The molecule has 0 saturated heterocycles. The highest BCUT2D eigenvalue weighted by Gasteiger charge is 2.31. The number of ether oxygens (including phenoxy) is 2. The van der Waals surface area contributed by atoms with Gasteiger partial charge in [-0.3, -0.25) is 0 Å². The maximum Gasteiger partial charge on any atom is 0.241 e. The molecule has 1 aliphatic heterocycles. The zero-order chi connectivity index (χ0) is 14.2. The predicted octanol–water partition coefficient (Wildman–Crippen LogP) is 2.19. The lowest BCUT2D eigenvalue weighted by Gasteiger charge is -2.31. The van der Waals surface area contributed by atoms with E-state index >= 15 is 0 Å². The van der Waals surface area contributed by atoms with Crippen molar-refractivity contribution in [1.82, 2.24) is 4.72 Å². The lowest BCUT2D eigenvalue weighted by molar-refractivity contribution is 0.174.